The van der Waals surface area contributed by atoms with Gasteiger partial charge in [-0.1, -0.05) is 19.4 Å². The zero-order valence-electron chi connectivity index (χ0n) is 11.4. The molecule has 0 atom stereocenters. The fourth-order valence-corrected chi connectivity index (χ4v) is 2.07. The van der Waals surface area contributed by atoms with Crippen molar-refractivity contribution >= 4 is 16.9 Å². The van der Waals surface area contributed by atoms with Gasteiger partial charge in [0.15, 0.2) is 5.43 Å². The van der Waals surface area contributed by atoms with Crippen molar-refractivity contribution in [2.45, 2.75) is 26.7 Å². The Morgan fingerprint density at radius 2 is 2.10 bits per heavy atom. The minimum Gasteiger partial charge on any atom is -0.507 e. The fraction of sp³-hybridized carbons (Fsp3) is 0.333. The third-order valence-electron chi connectivity index (χ3n) is 2.93. The number of phenolic OH excluding ortho intramolecular Hbond substituents is 1. The van der Waals surface area contributed by atoms with Crippen LogP contribution < -0.4 is 5.43 Å². The molecule has 0 saturated heterocycles. The Labute approximate surface area is 115 Å². The van der Waals surface area contributed by atoms with E-state index in [0.717, 1.165) is 18.1 Å². The average Bonchev–Trinajstić information content (AvgIpc) is 2.42. The summed E-state index contributed by atoms with van der Waals surface area (Å²) in [7, 11) is 0. The first-order valence-corrected chi connectivity index (χ1v) is 6.54. The van der Waals surface area contributed by atoms with Crippen LogP contribution in [0, 0.1) is 0 Å². The van der Waals surface area contributed by atoms with Gasteiger partial charge in [0.25, 0.3) is 0 Å². The van der Waals surface area contributed by atoms with Gasteiger partial charge in [0.1, 0.15) is 16.7 Å². The summed E-state index contributed by atoms with van der Waals surface area (Å²) in [5.41, 5.74) is 0.579. The number of carbonyl (C=O) groups is 1. The van der Waals surface area contributed by atoms with Gasteiger partial charge in [-0.25, -0.2) is 4.79 Å². The zero-order chi connectivity index (χ0) is 14.7. The third-order valence-corrected chi connectivity index (χ3v) is 2.93. The number of rotatable bonds is 4. The Morgan fingerprint density at radius 3 is 2.75 bits per heavy atom. The molecule has 0 aliphatic heterocycles. The predicted molar refractivity (Wildman–Crippen MR) is 74.1 cm³/mol. The molecule has 0 radical (unpaired) electrons. The summed E-state index contributed by atoms with van der Waals surface area (Å²) in [6.45, 7) is 3.86. The van der Waals surface area contributed by atoms with E-state index in [1.807, 2.05) is 6.92 Å². The van der Waals surface area contributed by atoms with Crippen molar-refractivity contribution in [2.75, 3.05) is 6.61 Å². The van der Waals surface area contributed by atoms with Crippen molar-refractivity contribution in [3.63, 3.8) is 0 Å². The van der Waals surface area contributed by atoms with E-state index in [2.05, 4.69) is 0 Å². The number of fused-ring (bicyclic) bond motifs is 1. The van der Waals surface area contributed by atoms with E-state index in [-0.39, 0.29) is 29.1 Å². The van der Waals surface area contributed by atoms with Crippen LogP contribution in [-0.2, 0) is 11.2 Å². The fourth-order valence-electron chi connectivity index (χ4n) is 2.07. The van der Waals surface area contributed by atoms with E-state index in [9.17, 15) is 14.7 Å². The summed E-state index contributed by atoms with van der Waals surface area (Å²) in [4.78, 5) is 23.7. The molecular weight excluding hydrogens is 260 g/mol. The molecule has 0 aliphatic rings. The van der Waals surface area contributed by atoms with Crippen molar-refractivity contribution in [1.82, 2.24) is 0 Å². The van der Waals surface area contributed by atoms with E-state index in [0.29, 0.717) is 6.42 Å². The van der Waals surface area contributed by atoms with Gasteiger partial charge in [0, 0.05) is 6.07 Å². The van der Waals surface area contributed by atoms with E-state index in [1.54, 1.807) is 13.0 Å². The SMILES string of the molecule is CCCc1ccc(O)c2c(=O)cc(C(=O)OCC)oc12. The molecule has 0 amide bonds. The maximum absolute atomic E-state index is 12.1. The third kappa shape index (κ3) is 2.52. The molecule has 106 valence electrons. The second-order valence-electron chi connectivity index (χ2n) is 4.39. The normalized spacial score (nSPS) is 10.7. The van der Waals surface area contributed by atoms with Gasteiger partial charge in [0.2, 0.25) is 5.76 Å². The highest BCUT2D eigenvalue weighted by Gasteiger charge is 2.17. The molecule has 1 aromatic carbocycles. The Hall–Kier alpha value is -2.30. The van der Waals surface area contributed by atoms with Crippen LogP contribution in [0.4, 0.5) is 0 Å². The zero-order valence-corrected chi connectivity index (χ0v) is 11.4. The maximum atomic E-state index is 12.1. The quantitative estimate of drug-likeness (QED) is 0.869. The first-order valence-electron chi connectivity index (χ1n) is 6.54. The second-order valence-corrected chi connectivity index (χ2v) is 4.39. The molecule has 0 spiro atoms. The van der Waals surface area contributed by atoms with Gasteiger partial charge in [0.05, 0.1) is 6.61 Å². The Balaban J connectivity index is 2.70. The molecule has 0 saturated carbocycles. The monoisotopic (exact) mass is 276 g/mol. The number of aryl methyl sites for hydroxylation is 1. The van der Waals surface area contributed by atoms with E-state index >= 15 is 0 Å². The van der Waals surface area contributed by atoms with Crippen LogP contribution in [0.3, 0.4) is 0 Å². The number of ether oxygens (including phenoxy) is 1. The summed E-state index contributed by atoms with van der Waals surface area (Å²) in [5, 5.41) is 9.90. The molecular formula is C15H16O5. The van der Waals surface area contributed by atoms with Gasteiger partial charge in [-0.05, 0) is 25.0 Å². The lowest BCUT2D eigenvalue weighted by atomic mass is 10.1. The largest absolute Gasteiger partial charge is 0.507 e. The highest BCUT2D eigenvalue weighted by molar-refractivity contribution is 5.91. The molecule has 2 rings (SSSR count). The van der Waals surface area contributed by atoms with Crippen molar-refractivity contribution < 1.29 is 19.1 Å². The van der Waals surface area contributed by atoms with Crippen LogP contribution in [0.15, 0.2) is 27.4 Å². The lowest BCUT2D eigenvalue weighted by Crippen LogP contribution is -2.10. The van der Waals surface area contributed by atoms with Gasteiger partial charge >= 0.3 is 5.97 Å². The Kier molecular flexibility index (Phi) is 4.08. The number of carbonyl (C=O) groups excluding carboxylic acids is 1. The summed E-state index contributed by atoms with van der Waals surface area (Å²) < 4.78 is 10.3. The molecule has 1 aromatic heterocycles. The minimum absolute atomic E-state index is 0.101. The smallest absolute Gasteiger partial charge is 0.374 e. The number of aromatic hydroxyl groups is 1. The Bertz CT molecular complexity index is 699. The summed E-state index contributed by atoms with van der Waals surface area (Å²) in [5.74, 6) is -0.978. The molecule has 0 unspecified atom stereocenters. The van der Waals surface area contributed by atoms with Crippen LogP contribution in [0.2, 0.25) is 0 Å². The van der Waals surface area contributed by atoms with Gasteiger partial charge in [-0.3, -0.25) is 4.79 Å². The number of esters is 1. The van der Waals surface area contributed by atoms with Crippen molar-refractivity contribution in [1.29, 1.82) is 0 Å². The maximum Gasteiger partial charge on any atom is 0.374 e. The second kappa shape index (κ2) is 5.77. The van der Waals surface area contributed by atoms with Crippen LogP contribution in [0.1, 0.15) is 36.4 Å². The van der Waals surface area contributed by atoms with Crippen LogP contribution in [-0.4, -0.2) is 17.7 Å². The Morgan fingerprint density at radius 1 is 1.35 bits per heavy atom. The molecule has 5 nitrogen and oxygen atoms in total. The first-order chi connectivity index (χ1) is 9.58. The van der Waals surface area contributed by atoms with Crippen molar-refractivity contribution in [2.24, 2.45) is 0 Å². The van der Waals surface area contributed by atoms with Crippen LogP contribution in [0.25, 0.3) is 11.0 Å². The number of phenols is 1. The van der Waals surface area contributed by atoms with E-state index in [4.69, 9.17) is 9.15 Å². The predicted octanol–water partition coefficient (Wildman–Crippen LogP) is 2.63. The number of benzene rings is 1. The molecule has 0 bridgehead atoms. The standard InChI is InChI=1S/C15H16O5/c1-3-5-9-6-7-10(16)13-11(17)8-12(20-14(9)13)15(18)19-4-2/h6-8,16H,3-5H2,1-2H3. The summed E-state index contributed by atoms with van der Waals surface area (Å²) in [6.07, 6.45) is 1.54. The molecule has 1 heterocycles. The van der Waals surface area contributed by atoms with Crippen LogP contribution in [0.5, 0.6) is 5.75 Å². The molecule has 20 heavy (non-hydrogen) atoms. The van der Waals surface area contributed by atoms with E-state index in [1.165, 1.54) is 6.07 Å². The topological polar surface area (TPSA) is 76.7 Å². The van der Waals surface area contributed by atoms with Crippen molar-refractivity contribution in [3.8, 4) is 5.75 Å². The minimum atomic E-state index is -0.683. The van der Waals surface area contributed by atoms with Crippen LogP contribution >= 0.6 is 0 Å². The van der Waals surface area contributed by atoms with Gasteiger partial charge in [-0.2, -0.15) is 0 Å². The summed E-state index contributed by atoms with van der Waals surface area (Å²) >= 11 is 0. The van der Waals surface area contributed by atoms with E-state index < -0.39 is 11.4 Å². The molecule has 1 N–H and O–H groups in total. The highest BCUT2D eigenvalue weighted by Crippen LogP contribution is 2.26. The highest BCUT2D eigenvalue weighted by atomic mass is 16.5. The van der Waals surface area contributed by atoms with Crippen molar-refractivity contribution in [3.05, 3.63) is 39.7 Å². The van der Waals surface area contributed by atoms with Gasteiger partial charge in [-0.15, -0.1) is 0 Å². The first kappa shape index (κ1) is 14.1. The number of hydrogen-bond donors (Lipinski definition) is 1. The lowest BCUT2D eigenvalue weighted by molar-refractivity contribution is 0.0490. The molecule has 0 fully saturated rings. The summed E-state index contributed by atoms with van der Waals surface area (Å²) in [6, 6.07) is 4.21. The molecule has 2 aromatic rings. The van der Waals surface area contributed by atoms with Gasteiger partial charge < -0.3 is 14.3 Å². The lowest BCUT2D eigenvalue weighted by Gasteiger charge is -2.07. The number of hydrogen-bond acceptors (Lipinski definition) is 5. The molecule has 5 heteroatoms. The average molecular weight is 276 g/mol. The molecule has 0 aliphatic carbocycles.